The van der Waals surface area contributed by atoms with Crippen LogP contribution in [0.15, 0.2) is 30.3 Å². The van der Waals surface area contributed by atoms with Crippen molar-refractivity contribution in [3.63, 3.8) is 0 Å². The molecular weight excluding hydrogens is 302 g/mol. The van der Waals surface area contributed by atoms with Crippen LogP contribution >= 0.6 is 0 Å². The van der Waals surface area contributed by atoms with Gasteiger partial charge in [-0.25, -0.2) is 0 Å². The van der Waals surface area contributed by atoms with Crippen molar-refractivity contribution in [3.05, 3.63) is 35.9 Å². The Morgan fingerprint density at radius 3 is 2.58 bits per heavy atom. The summed E-state index contributed by atoms with van der Waals surface area (Å²) in [6, 6.07) is 10.6. The van der Waals surface area contributed by atoms with Gasteiger partial charge in [0.1, 0.15) is 0 Å². The fourth-order valence-corrected chi connectivity index (χ4v) is 4.73. The normalized spacial score (nSPS) is 29.8. The fraction of sp³-hybridized carbons (Fsp3) is 0.650. The van der Waals surface area contributed by atoms with E-state index in [-0.39, 0.29) is 12.1 Å². The molecule has 24 heavy (non-hydrogen) atoms. The molecule has 1 amide bonds. The highest BCUT2D eigenvalue weighted by Crippen LogP contribution is 2.39. The van der Waals surface area contributed by atoms with Gasteiger partial charge in [-0.2, -0.15) is 0 Å². The first-order chi connectivity index (χ1) is 11.8. The zero-order chi connectivity index (χ0) is 16.4. The van der Waals surface area contributed by atoms with E-state index in [4.69, 9.17) is 9.47 Å². The molecule has 2 saturated heterocycles. The lowest BCUT2D eigenvalue weighted by molar-refractivity contribution is -0.159. The third-order valence-electron chi connectivity index (χ3n) is 6.08. The highest BCUT2D eigenvalue weighted by Gasteiger charge is 2.47. The number of benzene rings is 1. The van der Waals surface area contributed by atoms with Gasteiger partial charge in [0.05, 0.1) is 24.2 Å². The third kappa shape index (κ3) is 2.76. The SMILES string of the molecule is O=C(N1CCO[C@H]2CCCC[C@H]21)C1(c2ccccc2)CCOCC1. The number of fused-ring (bicyclic) bond motifs is 1. The summed E-state index contributed by atoms with van der Waals surface area (Å²) in [5.74, 6) is 0.303. The van der Waals surface area contributed by atoms with Crippen LogP contribution in [-0.4, -0.2) is 49.3 Å². The summed E-state index contributed by atoms with van der Waals surface area (Å²) in [6.45, 7) is 2.74. The second-order valence-electron chi connectivity index (χ2n) is 7.32. The Balaban J connectivity index is 1.66. The molecule has 3 aliphatic rings. The van der Waals surface area contributed by atoms with E-state index in [9.17, 15) is 4.79 Å². The van der Waals surface area contributed by atoms with Gasteiger partial charge in [0.2, 0.25) is 5.91 Å². The molecule has 3 fully saturated rings. The molecule has 130 valence electrons. The fourth-order valence-electron chi connectivity index (χ4n) is 4.73. The molecule has 0 aromatic heterocycles. The van der Waals surface area contributed by atoms with Crippen LogP contribution in [0.25, 0.3) is 0 Å². The molecule has 0 radical (unpaired) electrons. The van der Waals surface area contributed by atoms with Crippen LogP contribution in [0.3, 0.4) is 0 Å². The molecule has 1 aliphatic carbocycles. The molecule has 4 heteroatoms. The van der Waals surface area contributed by atoms with E-state index >= 15 is 0 Å². The van der Waals surface area contributed by atoms with Crippen LogP contribution in [-0.2, 0) is 19.7 Å². The predicted molar refractivity (Wildman–Crippen MR) is 91.9 cm³/mol. The van der Waals surface area contributed by atoms with Gasteiger partial charge in [-0.05, 0) is 31.2 Å². The van der Waals surface area contributed by atoms with Crippen molar-refractivity contribution in [3.8, 4) is 0 Å². The van der Waals surface area contributed by atoms with Gasteiger partial charge in [0.25, 0.3) is 0 Å². The quantitative estimate of drug-likeness (QED) is 0.837. The van der Waals surface area contributed by atoms with Gasteiger partial charge >= 0.3 is 0 Å². The van der Waals surface area contributed by atoms with Crippen LogP contribution in [0.5, 0.6) is 0 Å². The lowest BCUT2D eigenvalue weighted by atomic mass is 9.72. The van der Waals surface area contributed by atoms with E-state index in [1.165, 1.54) is 12.8 Å². The van der Waals surface area contributed by atoms with Crippen LogP contribution in [0.2, 0.25) is 0 Å². The van der Waals surface area contributed by atoms with Gasteiger partial charge in [-0.15, -0.1) is 0 Å². The number of ether oxygens (including phenoxy) is 2. The number of morpholine rings is 1. The average molecular weight is 329 g/mol. The first-order valence-electron chi connectivity index (χ1n) is 9.37. The number of carbonyl (C=O) groups is 1. The molecular formula is C20H27NO3. The Morgan fingerprint density at radius 2 is 1.79 bits per heavy atom. The van der Waals surface area contributed by atoms with E-state index in [1.54, 1.807) is 0 Å². The van der Waals surface area contributed by atoms with Gasteiger partial charge in [-0.1, -0.05) is 43.2 Å². The molecule has 2 heterocycles. The van der Waals surface area contributed by atoms with Crippen molar-refractivity contribution in [2.45, 2.75) is 56.1 Å². The Labute approximate surface area is 144 Å². The van der Waals surface area contributed by atoms with Crippen molar-refractivity contribution in [1.82, 2.24) is 4.90 Å². The minimum atomic E-state index is -0.418. The standard InChI is InChI=1S/C20H27NO3/c22-19(21-12-15-24-18-9-5-4-8-17(18)21)20(10-13-23-14-11-20)16-6-2-1-3-7-16/h1-3,6-7,17-18H,4-5,8-15H2/t17-,18+/m1/s1. The van der Waals surface area contributed by atoms with Gasteiger partial charge in [0, 0.05) is 19.8 Å². The van der Waals surface area contributed by atoms with Gasteiger partial charge in [-0.3, -0.25) is 4.79 Å². The predicted octanol–water partition coefficient (Wildman–Crippen LogP) is 2.90. The summed E-state index contributed by atoms with van der Waals surface area (Å²) in [5.41, 5.74) is 0.732. The topological polar surface area (TPSA) is 38.8 Å². The maximum absolute atomic E-state index is 13.7. The molecule has 4 nitrogen and oxygen atoms in total. The molecule has 2 atom stereocenters. The van der Waals surface area contributed by atoms with Crippen LogP contribution < -0.4 is 0 Å². The van der Waals surface area contributed by atoms with Gasteiger partial charge < -0.3 is 14.4 Å². The Morgan fingerprint density at radius 1 is 1.04 bits per heavy atom. The van der Waals surface area contributed by atoms with E-state index < -0.39 is 5.41 Å². The van der Waals surface area contributed by atoms with E-state index in [1.807, 2.05) is 18.2 Å². The minimum Gasteiger partial charge on any atom is -0.381 e. The number of hydrogen-bond acceptors (Lipinski definition) is 3. The summed E-state index contributed by atoms with van der Waals surface area (Å²) >= 11 is 0. The number of rotatable bonds is 2. The number of hydrogen-bond donors (Lipinski definition) is 0. The second kappa shape index (κ2) is 6.85. The summed E-state index contributed by atoms with van der Waals surface area (Å²) in [5, 5.41) is 0. The van der Waals surface area contributed by atoms with Crippen molar-refractivity contribution in [1.29, 1.82) is 0 Å². The molecule has 4 rings (SSSR count). The smallest absolute Gasteiger partial charge is 0.233 e. The molecule has 0 N–H and O–H groups in total. The van der Waals surface area contributed by atoms with E-state index in [0.717, 1.165) is 37.8 Å². The van der Waals surface area contributed by atoms with E-state index in [2.05, 4.69) is 17.0 Å². The molecule has 1 aromatic carbocycles. The summed E-state index contributed by atoms with van der Waals surface area (Å²) in [4.78, 5) is 15.9. The maximum Gasteiger partial charge on any atom is 0.233 e. The molecule has 0 unspecified atom stereocenters. The van der Waals surface area contributed by atoms with Crippen LogP contribution in [0.4, 0.5) is 0 Å². The second-order valence-corrected chi connectivity index (χ2v) is 7.32. The number of amides is 1. The minimum absolute atomic E-state index is 0.240. The lowest BCUT2D eigenvalue weighted by Crippen LogP contribution is -2.60. The zero-order valence-electron chi connectivity index (χ0n) is 14.3. The maximum atomic E-state index is 13.7. The Kier molecular flexibility index (Phi) is 4.59. The Hall–Kier alpha value is -1.39. The highest BCUT2D eigenvalue weighted by molar-refractivity contribution is 5.89. The summed E-state index contributed by atoms with van der Waals surface area (Å²) in [7, 11) is 0. The summed E-state index contributed by atoms with van der Waals surface area (Å²) in [6.07, 6.45) is 6.41. The lowest BCUT2D eigenvalue weighted by Gasteiger charge is -2.48. The van der Waals surface area contributed by atoms with Crippen molar-refractivity contribution in [2.24, 2.45) is 0 Å². The Bertz CT molecular complexity index is 566. The van der Waals surface area contributed by atoms with E-state index in [0.29, 0.717) is 25.7 Å². The van der Waals surface area contributed by atoms with Crippen molar-refractivity contribution < 1.29 is 14.3 Å². The first-order valence-corrected chi connectivity index (χ1v) is 9.37. The monoisotopic (exact) mass is 329 g/mol. The van der Waals surface area contributed by atoms with Crippen LogP contribution in [0, 0.1) is 0 Å². The first kappa shape index (κ1) is 16.1. The molecule has 0 spiro atoms. The zero-order valence-corrected chi connectivity index (χ0v) is 14.3. The average Bonchev–Trinajstić information content (AvgIpc) is 2.68. The molecule has 2 aliphatic heterocycles. The third-order valence-corrected chi connectivity index (χ3v) is 6.08. The van der Waals surface area contributed by atoms with Gasteiger partial charge in [0.15, 0.2) is 0 Å². The highest BCUT2D eigenvalue weighted by atomic mass is 16.5. The van der Waals surface area contributed by atoms with Crippen molar-refractivity contribution in [2.75, 3.05) is 26.4 Å². The molecule has 0 bridgehead atoms. The van der Waals surface area contributed by atoms with Crippen molar-refractivity contribution >= 4 is 5.91 Å². The largest absolute Gasteiger partial charge is 0.381 e. The number of carbonyl (C=O) groups excluding carboxylic acids is 1. The van der Waals surface area contributed by atoms with Crippen LogP contribution in [0.1, 0.15) is 44.1 Å². The molecule has 1 aromatic rings. The number of nitrogens with zero attached hydrogens (tertiary/aromatic N) is 1. The molecule has 1 saturated carbocycles. The summed E-state index contributed by atoms with van der Waals surface area (Å²) < 4.78 is 11.6.